The van der Waals surface area contributed by atoms with Crippen LogP contribution in [0.2, 0.25) is 0 Å². The summed E-state index contributed by atoms with van der Waals surface area (Å²) >= 11 is 0. The molecule has 0 radical (unpaired) electrons. The van der Waals surface area contributed by atoms with E-state index >= 15 is 0 Å². The summed E-state index contributed by atoms with van der Waals surface area (Å²) in [7, 11) is 1.57. The van der Waals surface area contributed by atoms with E-state index < -0.39 is 6.10 Å². The van der Waals surface area contributed by atoms with E-state index in [1.807, 2.05) is 18.2 Å². The number of para-hydroxylation sites is 2. The largest absolute Gasteiger partial charge is 0.493 e. The molecule has 1 N–H and O–H groups in total. The molecule has 6 heteroatoms. The molecule has 1 unspecified atom stereocenters. The average molecular weight is 326 g/mol. The molecule has 1 heterocycles. The fourth-order valence-electron chi connectivity index (χ4n) is 2.20. The van der Waals surface area contributed by atoms with Crippen molar-refractivity contribution in [2.45, 2.75) is 6.10 Å². The second-order valence-electron chi connectivity index (χ2n) is 5.13. The average Bonchev–Trinajstić information content (AvgIpc) is 2.64. The van der Waals surface area contributed by atoms with E-state index in [1.54, 1.807) is 43.8 Å². The molecule has 1 atom stereocenters. The number of hydrogen-bond donors (Lipinski definition) is 1. The minimum atomic E-state index is -0.771. The minimum Gasteiger partial charge on any atom is -0.493 e. The minimum absolute atomic E-state index is 0.105. The summed E-state index contributed by atoms with van der Waals surface area (Å²) in [5, 5.41) is 10.0. The van der Waals surface area contributed by atoms with Crippen molar-refractivity contribution in [3.63, 3.8) is 0 Å². The molecule has 1 aromatic heterocycles. The van der Waals surface area contributed by atoms with Gasteiger partial charge in [0.25, 0.3) is 0 Å². The van der Waals surface area contributed by atoms with Crippen molar-refractivity contribution in [1.82, 2.24) is 9.97 Å². The Kier molecular flexibility index (Phi) is 5.08. The quantitative estimate of drug-likeness (QED) is 0.719. The third kappa shape index (κ3) is 3.91. The van der Waals surface area contributed by atoms with Crippen LogP contribution in [0.1, 0.15) is 0 Å². The standard InChI is InChI=1S/C18H18N2O4/c1-22-17-4-2-3-5-18(17)24-12-13(21)11-23-14-6-7-15-16(10-14)20-9-8-19-15/h2-10,13,21H,11-12H2,1H3. The summed E-state index contributed by atoms with van der Waals surface area (Å²) in [6.07, 6.45) is 2.50. The van der Waals surface area contributed by atoms with Gasteiger partial charge in [-0.3, -0.25) is 9.97 Å². The lowest BCUT2D eigenvalue weighted by molar-refractivity contribution is 0.0617. The number of ether oxygens (including phenoxy) is 3. The zero-order valence-corrected chi connectivity index (χ0v) is 13.3. The van der Waals surface area contributed by atoms with Gasteiger partial charge in [-0.25, -0.2) is 0 Å². The molecule has 2 aromatic carbocycles. The van der Waals surface area contributed by atoms with Crippen molar-refractivity contribution in [1.29, 1.82) is 0 Å². The van der Waals surface area contributed by atoms with Crippen LogP contribution < -0.4 is 14.2 Å². The fourth-order valence-corrected chi connectivity index (χ4v) is 2.20. The molecule has 0 spiro atoms. The maximum Gasteiger partial charge on any atom is 0.161 e. The summed E-state index contributed by atoms with van der Waals surface area (Å²) in [5.41, 5.74) is 1.54. The topological polar surface area (TPSA) is 73.7 Å². The lowest BCUT2D eigenvalue weighted by Gasteiger charge is -2.15. The number of fused-ring (bicyclic) bond motifs is 1. The first-order valence-electron chi connectivity index (χ1n) is 7.53. The normalized spacial score (nSPS) is 11.9. The van der Waals surface area contributed by atoms with Gasteiger partial charge in [0, 0.05) is 18.5 Å². The smallest absolute Gasteiger partial charge is 0.161 e. The van der Waals surface area contributed by atoms with E-state index in [4.69, 9.17) is 14.2 Å². The maximum atomic E-state index is 10.0. The van der Waals surface area contributed by atoms with Crippen LogP contribution in [-0.4, -0.2) is 41.5 Å². The SMILES string of the molecule is COc1ccccc1OCC(O)COc1ccc2nccnc2c1. The van der Waals surface area contributed by atoms with Crippen molar-refractivity contribution >= 4 is 11.0 Å². The Balaban J connectivity index is 1.54. The van der Waals surface area contributed by atoms with E-state index in [9.17, 15) is 5.11 Å². The highest BCUT2D eigenvalue weighted by Crippen LogP contribution is 2.25. The van der Waals surface area contributed by atoms with Crippen LogP contribution in [-0.2, 0) is 0 Å². The second-order valence-corrected chi connectivity index (χ2v) is 5.13. The van der Waals surface area contributed by atoms with E-state index in [2.05, 4.69) is 9.97 Å². The first-order valence-corrected chi connectivity index (χ1v) is 7.53. The van der Waals surface area contributed by atoms with Gasteiger partial charge in [-0.15, -0.1) is 0 Å². The van der Waals surface area contributed by atoms with Crippen LogP contribution in [0.5, 0.6) is 17.2 Å². The lowest BCUT2D eigenvalue weighted by Crippen LogP contribution is -2.25. The zero-order valence-electron chi connectivity index (χ0n) is 13.3. The Morgan fingerprint density at radius 1 is 0.917 bits per heavy atom. The molecule has 6 nitrogen and oxygen atoms in total. The van der Waals surface area contributed by atoms with Crippen molar-refractivity contribution in [3.8, 4) is 17.2 Å². The number of aliphatic hydroxyl groups excluding tert-OH is 1. The van der Waals surface area contributed by atoms with Gasteiger partial charge in [0.2, 0.25) is 0 Å². The van der Waals surface area contributed by atoms with E-state index in [1.165, 1.54) is 0 Å². The summed E-state index contributed by atoms with van der Waals surface area (Å²) in [6, 6.07) is 12.7. The summed E-state index contributed by atoms with van der Waals surface area (Å²) in [5.74, 6) is 1.83. The van der Waals surface area contributed by atoms with Crippen molar-refractivity contribution < 1.29 is 19.3 Å². The van der Waals surface area contributed by atoms with E-state index in [0.717, 1.165) is 11.0 Å². The predicted molar refractivity (Wildman–Crippen MR) is 89.5 cm³/mol. The molecule has 0 fully saturated rings. The highest BCUT2D eigenvalue weighted by atomic mass is 16.5. The lowest BCUT2D eigenvalue weighted by atomic mass is 10.3. The van der Waals surface area contributed by atoms with Gasteiger partial charge in [0.15, 0.2) is 11.5 Å². The first-order chi connectivity index (χ1) is 11.8. The van der Waals surface area contributed by atoms with Gasteiger partial charge in [-0.05, 0) is 24.3 Å². The Labute approximate surface area is 139 Å². The fraction of sp³-hybridized carbons (Fsp3) is 0.222. The third-order valence-electron chi connectivity index (χ3n) is 3.38. The number of rotatable bonds is 7. The van der Waals surface area contributed by atoms with E-state index in [-0.39, 0.29) is 13.2 Å². The van der Waals surface area contributed by atoms with Crippen LogP contribution in [0.4, 0.5) is 0 Å². The molecule has 0 bridgehead atoms. The molecule has 0 aliphatic heterocycles. The number of benzene rings is 2. The molecule has 0 saturated carbocycles. The van der Waals surface area contributed by atoms with Gasteiger partial charge in [0.05, 0.1) is 18.1 Å². The Morgan fingerprint density at radius 2 is 1.62 bits per heavy atom. The number of hydrogen-bond acceptors (Lipinski definition) is 6. The number of nitrogens with zero attached hydrogens (tertiary/aromatic N) is 2. The molecule has 24 heavy (non-hydrogen) atoms. The highest BCUT2D eigenvalue weighted by Gasteiger charge is 2.09. The number of methoxy groups -OCH3 is 1. The number of aromatic nitrogens is 2. The van der Waals surface area contributed by atoms with Gasteiger partial charge >= 0.3 is 0 Å². The monoisotopic (exact) mass is 326 g/mol. The molecule has 3 aromatic rings. The van der Waals surface area contributed by atoms with Gasteiger partial charge in [-0.1, -0.05) is 12.1 Å². The van der Waals surface area contributed by atoms with Crippen molar-refractivity contribution in [2.24, 2.45) is 0 Å². The Bertz CT molecular complexity index is 810. The molecular weight excluding hydrogens is 308 g/mol. The number of aliphatic hydroxyl groups is 1. The molecule has 3 rings (SSSR count). The second kappa shape index (κ2) is 7.61. The third-order valence-corrected chi connectivity index (χ3v) is 3.38. The van der Waals surface area contributed by atoms with Crippen molar-refractivity contribution in [3.05, 3.63) is 54.9 Å². The van der Waals surface area contributed by atoms with Crippen LogP contribution in [0.15, 0.2) is 54.9 Å². The summed E-state index contributed by atoms with van der Waals surface area (Å²) in [6.45, 7) is 0.217. The maximum absolute atomic E-state index is 10.0. The summed E-state index contributed by atoms with van der Waals surface area (Å²) in [4.78, 5) is 8.42. The van der Waals surface area contributed by atoms with Crippen LogP contribution in [0.3, 0.4) is 0 Å². The highest BCUT2D eigenvalue weighted by molar-refractivity contribution is 5.75. The van der Waals surface area contributed by atoms with Crippen molar-refractivity contribution in [2.75, 3.05) is 20.3 Å². The van der Waals surface area contributed by atoms with Gasteiger partial charge < -0.3 is 19.3 Å². The molecule has 0 aliphatic rings. The molecule has 0 amide bonds. The predicted octanol–water partition coefficient (Wildman–Crippen LogP) is 2.46. The van der Waals surface area contributed by atoms with Gasteiger partial charge in [-0.2, -0.15) is 0 Å². The molecular formula is C18H18N2O4. The Hall–Kier alpha value is -2.86. The first kappa shape index (κ1) is 16.0. The van der Waals surface area contributed by atoms with Crippen LogP contribution >= 0.6 is 0 Å². The van der Waals surface area contributed by atoms with E-state index in [0.29, 0.717) is 17.2 Å². The molecule has 124 valence electrons. The molecule has 0 saturated heterocycles. The van der Waals surface area contributed by atoms with Gasteiger partial charge in [0.1, 0.15) is 25.1 Å². The van der Waals surface area contributed by atoms with Crippen LogP contribution in [0, 0.1) is 0 Å². The van der Waals surface area contributed by atoms with Crippen LogP contribution in [0.25, 0.3) is 11.0 Å². The zero-order chi connectivity index (χ0) is 16.8. The summed E-state index contributed by atoms with van der Waals surface area (Å²) < 4.78 is 16.4. The molecule has 0 aliphatic carbocycles. The Morgan fingerprint density at radius 3 is 2.42 bits per heavy atom.